The van der Waals surface area contributed by atoms with Crippen LogP contribution in [-0.2, 0) is 16.4 Å². The Kier molecular flexibility index (Phi) is 7.06. The summed E-state index contributed by atoms with van der Waals surface area (Å²) in [7, 11) is -3.92. The number of nitrogens with zero attached hydrogens (tertiary/aromatic N) is 1. The van der Waals surface area contributed by atoms with Crippen molar-refractivity contribution in [2.24, 2.45) is 0 Å². The van der Waals surface area contributed by atoms with Crippen LogP contribution >= 0.6 is 34.8 Å². The van der Waals surface area contributed by atoms with Gasteiger partial charge < -0.3 is 4.74 Å². The molecular formula is C22H14Cl3NO3S. The van der Waals surface area contributed by atoms with Crippen molar-refractivity contribution in [3.05, 3.63) is 97.8 Å². The smallest absolute Gasteiger partial charge is 0.216 e. The van der Waals surface area contributed by atoms with Crippen LogP contribution in [0.25, 0.3) is 6.08 Å². The molecule has 0 aliphatic heterocycles. The molecule has 8 heteroatoms. The van der Waals surface area contributed by atoms with Crippen LogP contribution in [0.5, 0.6) is 5.75 Å². The average Bonchev–Trinajstić information content (AvgIpc) is 2.75. The first kappa shape index (κ1) is 22.2. The third-order valence-corrected chi connectivity index (χ3v) is 7.01. The molecule has 3 aromatic carbocycles. The predicted molar refractivity (Wildman–Crippen MR) is 119 cm³/mol. The summed E-state index contributed by atoms with van der Waals surface area (Å²) in [5.74, 6) is 0.449. The molecule has 0 radical (unpaired) electrons. The Labute approximate surface area is 189 Å². The van der Waals surface area contributed by atoms with Crippen molar-refractivity contribution in [1.29, 1.82) is 5.26 Å². The first-order chi connectivity index (χ1) is 14.3. The van der Waals surface area contributed by atoms with Gasteiger partial charge in [0.15, 0.2) is 0 Å². The normalized spacial score (nSPS) is 11.7. The van der Waals surface area contributed by atoms with Crippen molar-refractivity contribution >= 4 is 50.7 Å². The average molecular weight is 479 g/mol. The van der Waals surface area contributed by atoms with E-state index in [9.17, 15) is 13.7 Å². The number of ether oxygens (including phenoxy) is 1. The maximum atomic E-state index is 12.7. The van der Waals surface area contributed by atoms with Crippen molar-refractivity contribution in [2.45, 2.75) is 11.5 Å². The van der Waals surface area contributed by atoms with Crippen LogP contribution in [0.15, 0.2) is 76.5 Å². The molecular weight excluding hydrogens is 465 g/mol. The third-order valence-electron chi connectivity index (χ3n) is 4.13. The Balaban J connectivity index is 1.87. The highest BCUT2D eigenvalue weighted by Crippen LogP contribution is 2.32. The lowest BCUT2D eigenvalue weighted by molar-refractivity contribution is 0.306. The van der Waals surface area contributed by atoms with E-state index in [1.165, 1.54) is 18.2 Å². The number of hydrogen-bond donors (Lipinski definition) is 0. The zero-order valence-electron chi connectivity index (χ0n) is 15.3. The van der Waals surface area contributed by atoms with Gasteiger partial charge in [-0.05, 0) is 48.0 Å². The van der Waals surface area contributed by atoms with E-state index in [0.29, 0.717) is 31.9 Å². The van der Waals surface area contributed by atoms with E-state index in [1.54, 1.807) is 60.7 Å². The summed E-state index contributed by atoms with van der Waals surface area (Å²) in [6.07, 6.45) is 1.30. The van der Waals surface area contributed by atoms with E-state index in [2.05, 4.69) is 0 Å². The molecule has 30 heavy (non-hydrogen) atoms. The SMILES string of the molecule is N#CC(=Cc1cccc(OCc2c(Cl)ccc(Cl)c2Cl)c1)S(=O)(=O)c1ccccc1. The summed E-state index contributed by atoms with van der Waals surface area (Å²) in [4.78, 5) is -0.317. The summed E-state index contributed by atoms with van der Waals surface area (Å²) < 4.78 is 31.2. The molecule has 0 fully saturated rings. The van der Waals surface area contributed by atoms with Crippen LogP contribution < -0.4 is 4.74 Å². The van der Waals surface area contributed by atoms with Gasteiger partial charge in [0.05, 0.1) is 14.9 Å². The Bertz CT molecular complexity index is 1250. The summed E-state index contributed by atoms with van der Waals surface area (Å²) in [5, 5.41) is 10.5. The van der Waals surface area contributed by atoms with Crippen LogP contribution in [0.3, 0.4) is 0 Å². The predicted octanol–water partition coefficient (Wildman–Crippen LogP) is 6.56. The van der Waals surface area contributed by atoms with Crippen molar-refractivity contribution in [1.82, 2.24) is 0 Å². The largest absolute Gasteiger partial charge is 0.489 e. The zero-order valence-corrected chi connectivity index (χ0v) is 18.4. The standard InChI is InChI=1S/C22H14Cl3NO3S/c23-20-9-10-21(24)22(25)19(20)14-29-16-6-4-5-15(11-16)12-18(13-26)30(27,28)17-7-2-1-3-8-17/h1-12H,14H2. The number of nitriles is 1. The van der Waals surface area contributed by atoms with Crippen LogP contribution in [0.1, 0.15) is 11.1 Å². The van der Waals surface area contributed by atoms with Gasteiger partial charge in [-0.15, -0.1) is 0 Å². The summed E-state index contributed by atoms with van der Waals surface area (Å²) >= 11 is 18.4. The molecule has 0 aliphatic rings. The van der Waals surface area contributed by atoms with Gasteiger partial charge >= 0.3 is 0 Å². The summed E-state index contributed by atoms with van der Waals surface area (Å²) in [6.45, 7) is 0.0683. The second-order valence-electron chi connectivity index (χ2n) is 6.12. The third kappa shape index (κ3) is 4.97. The molecule has 0 saturated heterocycles. The molecule has 0 heterocycles. The number of benzene rings is 3. The molecule has 0 spiro atoms. The number of halogens is 3. The molecule has 152 valence electrons. The van der Waals surface area contributed by atoms with Crippen molar-refractivity contribution in [3.8, 4) is 11.8 Å². The van der Waals surface area contributed by atoms with Gasteiger partial charge in [-0.25, -0.2) is 8.42 Å². The Morgan fingerprint density at radius 2 is 1.67 bits per heavy atom. The van der Waals surface area contributed by atoms with Gasteiger partial charge in [-0.2, -0.15) is 5.26 Å². The molecule has 0 unspecified atom stereocenters. The van der Waals surface area contributed by atoms with Crippen LogP contribution in [-0.4, -0.2) is 8.42 Å². The van der Waals surface area contributed by atoms with Crippen LogP contribution in [0.4, 0.5) is 0 Å². The lowest BCUT2D eigenvalue weighted by atomic mass is 10.2. The fourth-order valence-electron chi connectivity index (χ4n) is 2.60. The number of sulfone groups is 1. The van der Waals surface area contributed by atoms with Gasteiger partial charge in [0.25, 0.3) is 0 Å². The molecule has 4 nitrogen and oxygen atoms in total. The lowest BCUT2D eigenvalue weighted by Gasteiger charge is -2.11. The molecule has 3 rings (SSSR count). The molecule has 0 bridgehead atoms. The minimum Gasteiger partial charge on any atom is -0.489 e. The Morgan fingerprint density at radius 3 is 2.37 bits per heavy atom. The molecule has 0 aromatic heterocycles. The van der Waals surface area contributed by atoms with E-state index in [4.69, 9.17) is 39.5 Å². The van der Waals surface area contributed by atoms with E-state index in [0.717, 1.165) is 0 Å². The Hall–Kier alpha value is -2.49. The highest BCUT2D eigenvalue weighted by Gasteiger charge is 2.20. The highest BCUT2D eigenvalue weighted by molar-refractivity contribution is 7.95. The van der Waals surface area contributed by atoms with E-state index in [-0.39, 0.29) is 16.4 Å². The minimum atomic E-state index is -3.92. The van der Waals surface area contributed by atoms with E-state index < -0.39 is 9.84 Å². The van der Waals surface area contributed by atoms with Gasteiger partial charge in [-0.1, -0.05) is 65.1 Å². The lowest BCUT2D eigenvalue weighted by Crippen LogP contribution is -2.03. The second kappa shape index (κ2) is 9.55. The first-order valence-electron chi connectivity index (χ1n) is 8.60. The summed E-state index contributed by atoms with van der Waals surface area (Å²) in [6, 6.07) is 19.4. The fourth-order valence-corrected chi connectivity index (χ4v) is 4.44. The molecule has 0 aliphatic carbocycles. The topological polar surface area (TPSA) is 67.2 Å². The number of hydrogen-bond acceptors (Lipinski definition) is 4. The molecule has 0 amide bonds. The molecule has 0 N–H and O–H groups in total. The van der Waals surface area contributed by atoms with Gasteiger partial charge in [0, 0.05) is 10.6 Å². The molecule has 0 atom stereocenters. The Morgan fingerprint density at radius 1 is 0.967 bits per heavy atom. The monoisotopic (exact) mass is 477 g/mol. The zero-order chi connectivity index (χ0) is 21.7. The van der Waals surface area contributed by atoms with Crippen molar-refractivity contribution in [2.75, 3.05) is 0 Å². The van der Waals surface area contributed by atoms with Crippen molar-refractivity contribution < 1.29 is 13.2 Å². The van der Waals surface area contributed by atoms with Gasteiger partial charge in [-0.3, -0.25) is 0 Å². The number of allylic oxidation sites excluding steroid dienone is 1. The molecule has 0 saturated carbocycles. The number of rotatable bonds is 6. The second-order valence-corrected chi connectivity index (χ2v) is 9.23. The van der Waals surface area contributed by atoms with Gasteiger partial charge in [0.2, 0.25) is 9.84 Å². The van der Waals surface area contributed by atoms with Crippen LogP contribution in [0.2, 0.25) is 15.1 Å². The minimum absolute atomic E-state index is 0.0513. The quantitative estimate of drug-likeness (QED) is 0.297. The summed E-state index contributed by atoms with van der Waals surface area (Å²) in [5.41, 5.74) is 1.03. The fraction of sp³-hybridized carbons (Fsp3) is 0.0455. The van der Waals surface area contributed by atoms with Gasteiger partial charge in [0.1, 0.15) is 23.3 Å². The molecule has 3 aromatic rings. The highest BCUT2D eigenvalue weighted by atomic mass is 35.5. The van der Waals surface area contributed by atoms with E-state index >= 15 is 0 Å². The maximum absolute atomic E-state index is 12.7. The first-order valence-corrected chi connectivity index (χ1v) is 11.2. The van der Waals surface area contributed by atoms with Crippen LogP contribution in [0, 0.1) is 11.3 Å². The van der Waals surface area contributed by atoms with E-state index in [1.807, 2.05) is 0 Å². The van der Waals surface area contributed by atoms with Crippen molar-refractivity contribution in [3.63, 3.8) is 0 Å². The maximum Gasteiger partial charge on any atom is 0.216 e.